The van der Waals surface area contributed by atoms with E-state index in [0.29, 0.717) is 16.5 Å². The van der Waals surface area contributed by atoms with E-state index in [0.717, 1.165) is 52.6 Å². The number of piperazine rings is 1. The normalized spacial score (nSPS) is 15.4. The Kier molecular flexibility index (Phi) is 5.92. The lowest BCUT2D eigenvalue weighted by atomic mass is 9.94. The van der Waals surface area contributed by atoms with Crippen LogP contribution in [0, 0.1) is 6.57 Å². The summed E-state index contributed by atoms with van der Waals surface area (Å²) in [6.45, 7) is 11.6. The van der Waals surface area contributed by atoms with Gasteiger partial charge in [0.05, 0.1) is 29.9 Å². The van der Waals surface area contributed by atoms with E-state index >= 15 is 0 Å². The Morgan fingerprint density at radius 1 is 1.09 bits per heavy atom. The first-order chi connectivity index (χ1) is 15.8. The molecular formula is C22H19ClN8S. The zero-order valence-corrected chi connectivity index (χ0v) is 18.6. The van der Waals surface area contributed by atoms with Gasteiger partial charge in [-0.25, -0.2) is 9.83 Å². The fraction of sp³-hybridized carbons (Fsp3) is 0.227. The summed E-state index contributed by atoms with van der Waals surface area (Å²) in [5.74, 6) is 0.650. The van der Waals surface area contributed by atoms with Gasteiger partial charge in [-0.3, -0.25) is 10.00 Å². The summed E-state index contributed by atoms with van der Waals surface area (Å²) in [5, 5.41) is 19.1. The minimum absolute atomic E-state index is 0.127. The Hall–Kier alpha value is -3.16. The molecule has 10 heteroatoms. The molecular weight excluding hydrogens is 444 g/mol. The van der Waals surface area contributed by atoms with Crippen LogP contribution in [0.25, 0.3) is 26.0 Å². The average molecular weight is 463 g/mol. The molecule has 0 amide bonds. The van der Waals surface area contributed by atoms with Crippen molar-refractivity contribution in [1.29, 1.82) is 0 Å². The van der Waals surface area contributed by atoms with E-state index < -0.39 is 0 Å². The quantitative estimate of drug-likeness (QED) is 0.432. The lowest BCUT2D eigenvalue weighted by Gasteiger charge is -2.36. The summed E-state index contributed by atoms with van der Waals surface area (Å²) in [5.41, 5.74) is 3.48. The Labute approximate surface area is 194 Å². The zero-order chi connectivity index (χ0) is 21.9. The van der Waals surface area contributed by atoms with Crippen LogP contribution in [0.1, 0.15) is 17.2 Å². The van der Waals surface area contributed by atoms with Crippen molar-refractivity contribution in [3.8, 4) is 21.1 Å². The van der Waals surface area contributed by atoms with Crippen LogP contribution in [-0.2, 0) is 0 Å². The van der Waals surface area contributed by atoms with Gasteiger partial charge >= 0.3 is 0 Å². The maximum absolute atomic E-state index is 8.11. The van der Waals surface area contributed by atoms with Crippen LogP contribution < -0.4 is 5.32 Å². The average Bonchev–Trinajstić information content (AvgIpc) is 3.50. The summed E-state index contributed by atoms with van der Waals surface area (Å²) in [6, 6.07) is 9.63. The third-order valence-electron chi connectivity index (χ3n) is 5.48. The first-order valence-corrected chi connectivity index (χ1v) is 11.3. The monoisotopic (exact) mass is 462 g/mol. The predicted molar refractivity (Wildman–Crippen MR) is 125 cm³/mol. The molecule has 1 fully saturated rings. The standard InChI is InChI=1S/C22H19ClN8S/c1-24-18-17(19(31-10-8-25-9-11-31)14-2-4-16(23)5-3-14)21(22-26-13-29-30-22)32-20(18)15-6-7-27-28-12-15/h2-7,12-13,19,25H,8-11H2,(H,26,29,30). The van der Waals surface area contributed by atoms with Crippen LogP contribution in [-0.4, -0.2) is 56.5 Å². The Bertz CT molecular complexity index is 1230. The van der Waals surface area contributed by atoms with E-state index in [1.54, 1.807) is 12.4 Å². The molecule has 1 aliphatic rings. The number of hydrogen-bond donors (Lipinski definition) is 2. The molecule has 0 bridgehead atoms. The number of nitrogens with one attached hydrogen (secondary N) is 2. The van der Waals surface area contributed by atoms with Crippen LogP contribution in [0.4, 0.5) is 5.69 Å². The molecule has 8 nitrogen and oxygen atoms in total. The van der Waals surface area contributed by atoms with Gasteiger partial charge in [-0.1, -0.05) is 23.7 Å². The highest BCUT2D eigenvalue weighted by atomic mass is 35.5. The molecule has 160 valence electrons. The van der Waals surface area contributed by atoms with Crippen molar-refractivity contribution in [2.75, 3.05) is 26.2 Å². The molecule has 1 aromatic carbocycles. The minimum Gasteiger partial charge on any atom is -0.314 e. The molecule has 1 aliphatic heterocycles. The van der Waals surface area contributed by atoms with Gasteiger partial charge in [0.2, 0.25) is 5.69 Å². The largest absolute Gasteiger partial charge is 0.314 e. The van der Waals surface area contributed by atoms with E-state index in [2.05, 4.69) is 40.4 Å². The third kappa shape index (κ3) is 3.89. The van der Waals surface area contributed by atoms with E-state index in [9.17, 15) is 0 Å². The summed E-state index contributed by atoms with van der Waals surface area (Å²) in [7, 11) is 0. The molecule has 0 spiro atoms. The van der Waals surface area contributed by atoms with Crippen molar-refractivity contribution in [1.82, 2.24) is 35.6 Å². The highest BCUT2D eigenvalue weighted by molar-refractivity contribution is 7.19. The molecule has 3 aromatic heterocycles. The maximum Gasteiger partial charge on any atom is 0.211 e. The van der Waals surface area contributed by atoms with Gasteiger partial charge in [0, 0.05) is 47.2 Å². The maximum atomic E-state index is 8.11. The molecule has 0 radical (unpaired) electrons. The Balaban J connectivity index is 1.77. The number of hydrogen-bond acceptors (Lipinski definition) is 7. The van der Waals surface area contributed by atoms with Gasteiger partial charge in [0.25, 0.3) is 0 Å². The molecule has 2 N–H and O–H groups in total. The number of benzene rings is 1. The second-order valence-electron chi connectivity index (χ2n) is 7.34. The third-order valence-corrected chi connectivity index (χ3v) is 6.99. The summed E-state index contributed by atoms with van der Waals surface area (Å²) in [6.07, 6.45) is 4.83. The molecule has 1 saturated heterocycles. The fourth-order valence-electron chi connectivity index (χ4n) is 4.06. The van der Waals surface area contributed by atoms with Crippen LogP contribution >= 0.6 is 22.9 Å². The molecule has 4 heterocycles. The van der Waals surface area contributed by atoms with Gasteiger partial charge in [0.15, 0.2) is 5.82 Å². The highest BCUT2D eigenvalue weighted by Gasteiger charge is 2.33. The molecule has 0 aliphatic carbocycles. The van der Waals surface area contributed by atoms with Crippen molar-refractivity contribution in [2.24, 2.45) is 0 Å². The van der Waals surface area contributed by atoms with Crippen LogP contribution in [0.15, 0.2) is 49.1 Å². The first-order valence-electron chi connectivity index (χ1n) is 10.1. The lowest BCUT2D eigenvalue weighted by Crippen LogP contribution is -2.45. The van der Waals surface area contributed by atoms with E-state index in [1.807, 2.05) is 30.3 Å². The van der Waals surface area contributed by atoms with Crippen molar-refractivity contribution in [3.63, 3.8) is 0 Å². The predicted octanol–water partition coefficient (Wildman–Crippen LogP) is 4.19. The van der Waals surface area contributed by atoms with Crippen molar-refractivity contribution < 1.29 is 0 Å². The molecule has 32 heavy (non-hydrogen) atoms. The minimum atomic E-state index is -0.127. The van der Waals surface area contributed by atoms with Gasteiger partial charge in [-0.05, 0) is 23.8 Å². The van der Waals surface area contributed by atoms with Crippen molar-refractivity contribution >= 4 is 28.6 Å². The summed E-state index contributed by atoms with van der Waals surface area (Å²) in [4.78, 5) is 12.6. The number of aromatic nitrogens is 5. The number of H-pyrrole nitrogens is 1. The van der Waals surface area contributed by atoms with E-state index in [1.165, 1.54) is 17.7 Å². The zero-order valence-electron chi connectivity index (χ0n) is 17.0. The number of nitrogens with zero attached hydrogens (tertiary/aromatic N) is 6. The summed E-state index contributed by atoms with van der Waals surface area (Å²) < 4.78 is 0. The van der Waals surface area contributed by atoms with Crippen molar-refractivity contribution in [2.45, 2.75) is 6.04 Å². The van der Waals surface area contributed by atoms with Gasteiger partial charge in [-0.15, -0.1) is 11.3 Å². The number of rotatable bonds is 5. The summed E-state index contributed by atoms with van der Waals surface area (Å²) >= 11 is 7.73. The number of aromatic amines is 1. The fourth-order valence-corrected chi connectivity index (χ4v) is 5.39. The smallest absolute Gasteiger partial charge is 0.211 e. The highest BCUT2D eigenvalue weighted by Crippen LogP contribution is 2.51. The molecule has 1 atom stereocenters. The van der Waals surface area contributed by atoms with E-state index in [4.69, 9.17) is 18.2 Å². The molecule has 1 unspecified atom stereocenters. The Morgan fingerprint density at radius 2 is 1.91 bits per heavy atom. The van der Waals surface area contributed by atoms with Gasteiger partial charge in [-0.2, -0.15) is 15.3 Å². The van der Waals surface area contributed by atoms with Crippen LogP contribution in [0.5, 0.6) is 0 Å². The second kappa shape index (κ2) is 9.14. The van der Waals surface area contributed by atoms with Crippen LogP contribution in [0.3, 0.4) is 0 Å². The molecule has 4 aromatic rings. The first kappa shape index (κ1) is 20.7. The second-order valence-corrected chi connectivity index (χ2v) is 8.80. The topological polar surface area (TPSA) is 87.0 Å². The van der Waals surface area contributed by atoms with E-state index in [-0.39, 0.29) is 6.04 Å². The Morgan fingerprint density at radius 3 is 2.56 bits per heavy atom. The van der Waals surface area contributed by atoms with Crippen LogP contribution in [0.2, 0.25) is 5.02 Å². The van der Waals surface area contributed by atoms with Crippen molar-refractivity contribution in [3.05, 3.63) is 76.6 Å². The van der Waals surface area contributed by atoms with Gasteiger partial charge < -0.3 is 5.32 Å². The van der Waals surface area contributed by atoms with Gasteiger partial charge in [0.1, 0.15) is 6.33 Å². The lowest BCUT2D eigenvalue weighted by molar-refractivity contribution is 0.199. The molecule has 5 rings (SSSR count). The number of halogens is 1. The molecule has 0 saturated carbocycles. The SMILES string of the molecule is [C-]#[N+]c1c(-c2ccnnc2)sc(-c2ncn[nH]2)c1C(c1ccc(Cl)cc1)N1CCNCC1. The number of thiophene rings is 1.